The molecule has 0 radical (unpaired) electrons. The fraction of sp³-hybridized carbons (Fsp3) is 0.471. The van der Waals surface area contributed by atoms with Crippen molar-refractivity contribution < 1.29 is 8.42 Å². The average molecular weight is 476 g/mol. The molecule has 1 unspecified atom stereocenters. The molecule has 0 saturated carbocycles. The Kier molecular flexibility index (Phi) is 7.12. The zero-order valence-corrected chi connectivity index (χ0v) is 17.4. The van der Waals surface area contributed by atoms with Crippen LogP contribution in [0.25, 0.3) is 10.9 Å². The van der Waals surface area contributed by atoms with E-state index in [4.69, 9.17) is 0 Å². The number of hydrogen-bond donors (Lipinski definition) is 3. The van der Waals surface area contributed by atoms with Crippen LogP contribution >= 0.6 is 24.0 Å². The first-order valence-corrected chi connectivity index (χ1v) is 10.2. The third-order valence-electron chi connectivity index (χ3n) is 4.24. The molecule has 6 nitrogen and oxygen atoms in total. The number of nitrogens with one attached hydrogen (secondary N) is 3. The van der Waals surface area contributed by atoms with Crippen molar-refractivity contribution in [2.24, 2.45) is 4.99 Å². The summed E-state index contributed by atoms with van der Waals surface area (Å²) in [7, 11) is -2.89. The van der Waals surface area contributed by atoms with Crippen LogP contribution in [-0.2, 0) is 16.3 Å². The van der Waals surface area contributed by atoms with Crippen LogP contribution in [0.4, 0.5) is 0 Å². The lowest BCUT2D eigenvalue weighted by atomic mass is 10.1. The number of guanidine groups is 1. The predicted octanol–water partition coefficient (Wildman–Crippen LogP) is 2.07. The van der Waals surface area contributed by atoms with Gasteiger partial charge in [0.2, 0.25) is 0 Å². The summed E-state index contributed by atoms with van der Waals surface area (Å²) in [6, 6.07) is 8.19. The number of benzene rings is 1. The predicted molar refractivity (Wildman–Crippen MR) is 114 cm³/mol. The Morgan fingerprint density at radius 1 is 1.36 bits per heavy atom. The Hall–Kier alpha value is -1.29. The maximum absolute atomic E-state index is 11.6. The first-order chi connectivity index (χ1) is 11.6. The Morgan fingerprint density at radius 2 is 2.16 bits per heavy atom. The molecule has 1 atom stereocenters. The molecule has 0 aliphatic carbocycles. The van der Waals surface area contributed by atoms with Crippen molar-refractivity contribution in [3.8, 4) is 0 Å². The van der Waals surface area contributed by atoms with Gasteiger partial charge in [0.05, 0.1) is 11.5 Å². The summed E-state index contributed by atoms with van der Waals surface area (Å²) in [6.07, 6.45) is 3.52. The summed E-state index contributed by atoms with van der Waals surface area (Å²) in [6.45, 7) is 3.40. The molecule has 1 fully saturated rings. The zero-order valence-electron chi connectivity index (χ0n) is 14.3. The molecule has 2 aromatic rings. The molecule has 3 rings (SSSR count). The van der Waals surface area contributed by atoms with Crippen molar-refractivity contribution in [2.45, 2.75) is 25.8 Å². The molecule has 1 aliphatic rings. The van der Waals surface area contributed by atoms with E-state index in [-0.39, 0.29) is 41.5 Å². The molecule has 2 heterocycles. The summed E-state index contributed by atoms with van der Waals surface area (Å²) >= 11 is 0. The van der Waals surface area contributed by atoms with E-state index in [0.29, 0.717) is 18.9 Å². The lowest BCUT2D eigenvalue weighted by molar-refractivity contribution is 0.599. The highest BCUT2D eigenvalue weighted by atomic mass is 127. The number of nitrogens with zero attached hydrogens (tertiary/aromatic N) is 1. The van der Waals surface area contributed by atoms with Gasteiger partial charge in [-0.25, -0.2) is 8.42 Å². The van der Waals surface area contributed by atoms with Crippen molar-refractivity contribution in [3.63, 3.8) is 0 Å². The van der Waals surface area contributed by atoms with Crippen LogP contribution in [0, 0.1) is 0 Å². The third kappa shape index (κ3) is 5.34. The minimum absolute atomic E-state index is 0. The molecule has 1 aliphatic heterocycles. The van der Waals surface area contributed by atoms with Gasteiger partial charge in [-0.05, 0) is 31.4 Å². The number of fused-ring (bicyclic) bond motifs is 1. The number of rotatable bonds is 5. The van der Waals surface area contributed by atoms with Gasteiger partial charge >= 0.3 is 0 Å². The van der Waals surface area contributed by atoms with Gasteiger partial charge in [-0.15, -0.1) is 24.0 Å². The second-order valence-electron chi connectivity index (χ2n) is 6.11. The van der Waals surface area contributed by atoms with Crippen LogP contribution in [0.1, 0.15) is 18.9 Å². The fourth-order valence-corrected chi connectivity index (χ4v) is 4.72. The number of aromatic amines is 1. The number of halogens is 1. The highest BCUT2D eigenvalue weighted by Crippen LogP contribution is 2.18. The van der Waals surface area contributed by atoms with E-state index < -0.39 is 9.84 Å². The average Bonchev–Trinajstić information content (AvgIpc) is 3.11. The monoisotopic (exact) mass is 476 g/mol. The summed E-state index contributed by atoms with van der Waals surface area (Å²) in [5, 5.41) is 7.66. The molecule has 0 amide bonds. The molecule has 25 heavy (non-hydrogen) atoms. The van der Waals surface area contributed by atoms with Gasteiger partial charge in [0.1, 0.15) is 0 Å². The molecule has 1 saturated heterocycles. The van der Waals surface area contributed by atoms with Gasteiger partial charge in [-0.2, -0.15) is 0 Å². The largest absolute Gasteiger partial charge is 0.361 e. The van der Waals surface area contributed by atoms with Crippen molar-refractivity contribution in [1.29, 1.82) is 0 Å². The first kappa shape index (κ1) is 20.0. The summed E-state index contributed by atoms with van der Waals surface area (Å²) < 4.78 is 23.1. The highest BCUT2D eigenvalue weighted by molar-refractivity contribution is 14.0. The van der Waals surface area contributed by atoms with E-state index >= 15 is 0 Å². The van der Waals surface area contributed by atoms with Crippen molar-refractivity contribution in [2.75, 3.05) is 24.6 Å². The van der Waals surface area contributed by atoms with E-state index in [1.54, 1.807) is 0 Å². The van der Waals surface area contributed by atoms with E-state index in [0.717, 1.165) is 18.5 Å². The molecular weight excluding hydrogens is 451 g/mol. The summed E-state index contributed by atoms with van der Waals surface area (Å²) in [4.78, 5) is 7.86. The van der Waals surface area contributed by atoms with E-state index in [1.807, 2.05) is 25.3 Å². The van der Waals surface area contributed by atoms with Crippen LogP contribution in [0.2, 0.25) is 0 Å². The molecule has 0 bridgehead atoms. The van der Waals surface area contributed by atoms with E-state index in [2.05, 4.69) is 32.7 Å². The molecule has 3 N–H and O–H groups in total. The second-order valence-corrected chi connectivity index (χ2v) is 8.34. The highest BCUT2D eigenvalue weighted by Gasteiger charge is 2.28. The van der Waals surface area contributed by atoms with Gasteiger partial charge in [0.25, 0.3) is 0 Å². The number of para-hydroxylation sites is 1. The summed E-state index contributed by atoms with van der Waals surface area (Å²) in [5.74, 6) is 1.15. The molecule has 0 spiro atoms. The lowest BCUT2D eigenvalue weighted by Crippen LogP contribution is -2.44. The standard InChI is InChI=1S/C17H24N4O2S.HI/c1-2-18-17(21-14-8-10-24(22,23)12-14)19-9-7-13-11-20-16-6-4-3-5-15(13)16;/h3-6,11,14,20H,2,7-10,12H2,1H3,(H2,18,19,21);1H. The number of aliphatic imine (C=N–C) groups is 1. The molecular formula is C17H25IN4O2S. The van der Waals surface area contributed by atoms with Crippen LogP contribution < -0.4 is 10.6 Å². The van der Waals surface area contributed by atoms with Crippen molar-refractivity contribution in [3.05, 3.63) is 36.0 Å². The smallest absolute Gasteiger partial charge is 0.191 e. The van der Waals surface area contributed by atoms with Gasteiger partial charge < -0.3 is 15.6 Å². The Balaban J connectivity index is 0.00000225. The maximum atomic E-state index is 11.6. The molecule has 8 heteroatoms. The second kappa shape index (κ2) is 8.88. The van der Waals surface area contributed by atoms with Crippen molar-refractivity contribution >= 4 is 50.7 Å². The van der Waals surface area contributed by atoms with Crippen LogP contribution in [0.15, 0.2) is 35.5 Å². The van der Waals surface area contributed by atoms with Gasteiger partial charge in [-0.3, -0.25) is 4.99 Å². The number of sulfone groups is 1. The SMILES string of the molecule is CCNC(=NCCc1c[nH]c2ccccc12)NC1CCS(=O)(=O)C1.I. The Bertz CT molecular complexity index is 832. The normalized spacial score (nSPS) is 19.6. The quantitative estimate of drug-likeness (QED) is 0.351. The van der Waals surface area contributed by atoms with Crippen LogP contribution in [0.5, 0.6) is 0 Å². The number of H-pyrrole nitrogens is 1. The number of hydrogen-bond acceptors (Lipinski definition) is 3. The van der Waals surface area contributed by atoms with Crippen LogP contribution in [0.3, 0.4) is 0 Å². The van der Waals surface area contributed by atoms with Gasteiger partial charge in [0.15, 0.2) is 15.8 Å². The summed E-state index contributed by atoms with van der Waals surface area (Å²) in [5.41, 5.74) is 2.38. The first-order valence-electron chi connectivity index (χ1n) is 8.37. The fourth-order valence-electron chi connectivity index (χ4n) is 3.05. The third-order valence-corrected chi connectivity index (χ3v) is 6.01. The Labute approximate surface area is 165 Å². The molecule has 1 aromatic carbocycles. The van der Waals surface area contributed by atoms with Crippen molar-refractivity contribution in [1.82, 2.24) is 15.6 Å². The topological polar surface area (TPSA) is 86.3 Å². The molecule has 1 aromatic heterocycles. The maximum Gasteiger partial charge on any atom is 0.191 e. The zero-order chi connectivity index (χ0) is 17.0. The lowest BCUT2D eigenvalue weighted by Gasteiger charge is -2.15. The van der Waals surface area contributed by atoms with E-state index in [1.165, 1.54) is 10.9 Å². The minimum atomic E-state index is -2.89. The Morgan fingerprint density at radius 3 is 2.88 bits per heavy atom. The molecule has 138 valence electrons. The minimum Gasteiger partial charge on any atom is -0.361 e. The van der Waals surface area contributed by atoms with Gasteiger partial charge in [-0.1, -0.05) is 18.2 Å². The van der Waals surface area contributed by atoms with Crippen LogP contribution in [-0.4, -0.2) is 50.0 Å². The van der Waals surface area contributed by atoms with Gasteiger partial charge in [0, 0.05) is 36.2 Å². The number of aromatic nitrogens is 1. The van der Waals surface area contributed by atoms with E-state index in [9.17, 15) is 8.42 Å².